The number of halogens is 6. The molecule has 1 fully saturated rings. The van der Waals surface area contributed by atoms with Gasteiger partial charge in [-0.15, -0.1) is 5.10 Å². The molecule has 1 saturated heterocycles. The Morgan fingerprint density at radius 2 is 1.76 bits per heavy atom. The topological polar surface area (TPSA) is 106 Å². The van der Waals surface area contributed by atoms with Crippen molar-refractivity contribution < 1.29 is 35.9 Å². The third kappa shape index (κ3) is 5.96. The summed E-state index contributed by atoms with van der Waals surface area (Å²) < 4.78 is 79.1. The molecule has 8 nitrogen and oxygen atoms in total. The average Bonchev–Trinajstić information content (AvgIpc) is 3.24. The third-order valence-corrected chi connectivity index (χ3v) is 4.85. The van der Waals surface area contributed by atoms with E-state index in [0.717, 1.165) is 36.3 Å². The number of nitrogens with two attached hydrogens (primary N) is 1. The van der Waals surface area contributed by atoms with Gasteiger partial charge in [-0.3, -0.25) is 9.59 Å². The van der Waals surface area contributed by atoms with E-state index in [1.54, 1.807) is 0 Å². The number of rotatable bonds is 4. The summed E-state index contributed by atoms with van der Waals surface area (Å²) in [5.41, 5.74) is -3.54. The van der Waals surface area contributed by atoms with Crippen LogP contribution in [0.4, 0.5) is 26.3 Å². The Kier molecular flexibility index (Phi) is 6.88. The van der Waals surface area contributed by atoms with Crippen LogP contribution < -0.4 is 11.2 Å². The fraction of sp³-hybridized carbons (Fsp3) is 0.368. The van der Waals surface area contributed by atoms with Gasteiger partial charge in [-0.25, -0.2) is 20.5 Å². The number of alkyl halides is 6. The summed E-state index contributed by atoms with van der Waals surface area (Å²) in [6.45, 7) is 1.14. The van der Waals surface area contributed by atoms with Crippen molar-refractivity contribution in [3.05, 3.63) is 41.7 Å². The van der Waals surface area contributed by atoms with Gasteiger partial charge in [0, 0.05) is 24.4 Å². The quantitative estimate of drug-likeness (QED) is 0.231. The number of nitrogens with zero attached hydrogens (tertiary/aromatic N) is 4. The number of hydrogen-bond donors (Lipinski definition) is 2. The molecule has 0 spiro atoms. The number of nitrogens with one attached hydrogen (secondary N) is 1. The molecule has 1 aromatic heterocycles. The van der Waals surface area contributed by atoms with Crippen LogP contribution in [0.3, 0.4) is 0 Å². The van der Waals surface area contributed by atoms with Gasteiger partial charge in [0.15, 0.2) is 5.82 Å². The van der Waals surface area contributed by atoms with Gasteiger partial charge < -0.3 is 5.32 Å². The summed E-state index contributed by atoms with van der Waals surface area (Å²) in [7, 11) is 0. The van der Waals surface area contributed by atoms with Crippen LogP contribution in [0, 0.1) is 5.92 Å². The van der Waals surface area contributed by atoms with Crippen molar-refractivity contribution >= 4 is 18.0 Å². The van der Waals surface area contributed by atoms with Gasteiger partial charge in [0.25, 0.3) is 5.91 Å². The van der Waals surface area contributed by atoms with Crippen LogP contribution in [0.2, 0.25) is 0 Å². The van der Waals surface area contributed by atoms with E-state index in [1.807, 2.05) is 0 Å². The van der Waals surface area contributed by atoms with Crippen molar-refractivity contribution in [2.45, 2.75) is 25.2 Å². The predicted octanol–water partition coefficient (Wildman–Crippen LogP) is 2.68. The van der Waals surface area contributed by atoms with Crippen LogP contribution in [0.5, 0.6) is 0 Å². The molecule has 2 aromatic rings. The Labute approximate surface area is 183 Å². The third-order valence-electron chi connectivity index (χ3n) is 4.85. The molecule has 0 saturated carbocycles. The second-order valence-electron chi connectivity index (χ2n) is 7.25. The maximum absolute atomic E-state index is 13.0. The number of hydrazine groups is 1. The summed E-state index contributed by atoms with van der Waals surface area (Å²) in [6.07, 6.45) is -5.85. The van der Waals surface area contributed by atoms with Gasteiger partial charge in [0.2, 0.25) is 5.91 Å². The van der Waals surface area contributed by atoms with Crippen LogP contribution in [-0.4, -0.2) is 44.7 Å². The Balaban J connectivity index is 1.78. The van der Waals surface area contributed by atoms with Gasteiger partial charge in [0.1, 0.15) is 6.33 Å². The first-order chi connectivity index (χ1) is 15.4. The van der Waals surface area contributed by atoms with Gasteiger partial charge in [0.05, 0.1) is 17.0 Å². The number of hydrogen-bond acceptors (Lipinski definition) is 6. The summed E-state index contributed by atoms with van der Waals surface area (Å²) >= 11 is 0. The molecule has 33 heavy (non-hydrogen) atoms. The lowest BCUT2D eigenvalue weighted by molar-refractivity contribution is -0.146. The molecule has 3 N–H and O–H groups in total. The van der Waals surface area contributed by atoms with E-state index >= 15 is 0 Å². The molecule has 0 radical (unpaired) electrons. The molecule has 2 heterocycles. The molecule has 1 aromatic carbocycles. The minimum absolute atomic E-state index is 0.00620. The lowest BCUT2D eigenvalue weighted by Gasteiger charge is -2.24. The van der Waals surface area contributed by atoms with Gasteiger partial charge in [-0.2, -0.15) is 26.3 Å². The number of imide groups is 1. The molecule has 3 rings (SSSR count). The second kappa shape index (κ2) is 9.31. The zero-order valence-corrected chi connectivity index (χ0v) is 16.8. The van der Waals surface area contributed by atoms with Gasteiger partial charge >= 0.3 is 12.4 Å². The number of carbonyl (C=O) groups excluding carboxylic acids is 2. The molecule has 14 heteroatoms. The largest absolute Gasteiger partial charge is 0.416 e. The van der Waals surface area contributed by atoms with Crippen molar-refractivity contribution in [1.29, 1.82) is 0 Å². The van der Waals surface area contributed by atoms with E-state index in [4.69, 9.17) is 5.84 Å². The lowest BCUT2D eigenvalue weighted by Crippen LogP contribution is -2.48. The SMILES string of the molecule is NN(C(=O)C=Cn1cnc(-c2cc(C(F)(F)F)cc(C(F)(F)F)c2)n1)C(=O)C1CCCNC1. The van der Waals surface area contributed by atoms with Crippen molar-refractivity contribution in [2.75, 3.05) is 13.1 Å². The minimum Gasteiger partial charge on any atom is -0.316 e. The smallest absolute Gasteiger partial charge is 0.316 e. The molecule has 0 bridgehead atoms. The maximum Gasteiger partial charge on any atom is 0.416 e. The van der Waals surface area contributed by atoms with E-state index < -0.39 is 52.6 Å². The lowest BCUT2D eigenvalue weighted by atomic mass is 9.98. The van der Waals surface area contributed by atoms with Crippen LogP contribution >= 0.6 is 0 Å². The molecule has 0 aliphatic carbocycles. The van der Waals surface area contributed by atoms with E-state index in [-0.39, 0.29) is 6.07 Å². The zero-order valence-electron chi connectivity index (χ0n) is 16.8. The normalized spacial score (nSPS) is 17.4. The average molecular weight is 476 g/mol. The van der Waals surface area contributed by atoms with Crippen molar-refractivity contribution in [3.8, 4) is 11.4 Å². The fourth-order valence-corrected chi connectivity index (χ4v) is 3.15. The Morgan fingerprint density at radius 3 is 2.30 bits per heavy atom. The highest BCUT2D eigenvalue weighted by molar-refractivity contribution is 6.02. The van der Waals surface area contributed by atoms with Gasteiger partial charge in [-0.1, -0.05) is 0 Å². The first-order valence-electron chi connectivity index (χ1n) is 9.59. The van der Waals surface area contributed by atoms with E-state index in [0.29, 0.717) is 30.1 Å². The molecular formula is C19H18F6N6O2. The van der Waals surface area contributed by atoms with Crippen molar-refractivity contribution in [1.82, 2.24) is 25.1 Å². The molecule has 2 amide bonds. The highest BCUT2D eigenvalue weighted by atomic mass is 19.4. The molecule has 178 valence electrons. The minimum atomic E-state index is -5.02. The number of aromatic nitrogens is 3. The Morgan fingerprint density at radius 1 is 1.12 bits per heavy atom. The van der Waals surface area contributed by atoms with E-state index in [9.17, 15) is 35.9 Å². The first-order valence-corrected chi connectivity index (χ1v) is 9.59. The molecule has 1 unspecified atom stereocenters. The number of benzene rings is 1. The number of carbonyl (C=O) groups is 2. The van der Waals surface area contributed by atoms with Crippen LogP contribution in [0.25, 0.3) is 17.6 Å². The van der Waals surface area contributed by atoms with Crippen LogP contribution in [0.15, 0.2) is 30.6 Å². The highest BCUT2D eigenvalue weighted by Crippen LogP contribution is 2.38. The molecular weight excluding hydrogens is 458 g/mol. The summed E-state index contributed by atoms with van der Waals surface area (Å²) in [6, 6.07) is 0.971. The Bertz CT molecular complexity index is 1020. The van der Waals surface area contributed by atoms with Crippen molar-refractivity contribution in [3.63, 3.8) is 0 Å². The fourth-order valence-electron chi connectivity index (χ4n) is 3.15. The standard InChI is InChI=1S/C19H18F6N6O2/c20-18(21,22)13-6-12(7-14(8-13)19(23,24)25)16-28-10-30(29-16)5-3-15(32)31(26)17(33)11-2-1-4-27-9-11/h3,5-8,10-11,27H,1-2,4,9,26H2. The number of piperidine rings is 1. The zero-order chi connectivity index (χ0) is 24.4. The summed E-state index contributed by atoms with van der Waals surface area (Å²) in [5.74, 6) is 3.20. The van der Waals surface area contributed by atoms with Gasteiger partial charge in [-0.05, 0) is 37.6 Å². The molecule has 1 aliphatic heterocycles. The van der Waals surface area contributed by atoms with Crippen LogP contribution in [-0.2, 0) is 21.9 Å². The highest BCUT2D eigenvalue weighted by Gasteiger charge is 2.37. The predicted molar refractivity (Wildman–Crippen MR) is 102 cm³/mol. The molecule has 1 aliphatic rings. The first kappa shape index (κ1) is 24.4. The van der Waals surface area contributed by atoms with E-state index in [2.05, 4.69) is 15.4 Å². The van der Waals surface area contributed by atoms with Crippen LogP contribution in [0.1, 0.15) is 24.0 Å². The summed E-state index contributed by atoms with van der Waals surface area (Å²) in [5, 5.41) is 7.23. The van der Waals surface area contributed by atoms with E-state index in [1.165, 1.54) is 0 Å². The number of amides is 2. The van der Waals surface area contributed by atoms with Crippen molar-refractivity contribution in [2.24, 2.45) is 11.8 Å². The summed E-state index contributed by atoms with van der Waals surface area (Å²) in [4.78, 5) is 28.1. The second-order valence-corrected chi connectivity index (χ2v) is 7.25. The Hall–Kier alpha value is -3.26. The maximum atomic E-state index is 13.0. The monoisotopic (exact) mass is 476 g/mol. The molecule has 1 atom stereocenters.